The van der Waals surface area contributed by atoms with Gasteiger partial charge in [0.1, 0.15) is 5.82 Å². The molecule has 2 rings (SSSR count). The molecule has 104 valence electrons. The summed E-state index contributed by atoms with van der Waals surface area (Å²) in [6.07, 6.45) is 6.35. The maximum Gasteiger partial charge on any atom is 0.237 e. The van der Waals surface area contributed by atoms with Crippen molar-refractivity contribution >= 4 is 11.7 Å². The molecule has 1 aliphatic carbocycles. The first-order chi connectivity index (χ1) is 9.13. The number of anilines is 1. The summed E-state index contributed by atoms with van der Waals surface area (Å²) in [4.78, 5) is 17.8. The van der Waals surface area contributed by atoms with Gasteiger partial charge in [-0.15, -0.1) is 0 Å². The van der Waals surface area contributed by atoms with E-state index in [1.807, 2.05) is 17.9 Å². The Kier molecular flexibility index (Phi) is 4.37. The van der Waals surface area contributed by atoms with Gasteiger partial charge in [-0.2, -0.15) is 0 Å². The number of carbonyl (C=O) groups excluding carboxylic acids is 1. The lowest BCUT2D eigenvalue weighted by molar-refractivity contribution is -0.116. The number of hydrogen-bond acceptors (Lipinski definition) is 4. The van der Waals surface area contributed by atoms with Crippen molar-refractivity contribution in [2.75, 3.05) is 11.4 Å². The molecule has 1 saturated carbocycles. The van der Waals surface area contributed by atoms with Crippen molar-refractivity contribution in [1.82, 2.24) is 4.98 Å². The van der Waals surface area contributed by atoms with E-state index in [2.05, 4.69) is 4.98 Å². The van der Waals surface area contributed by atoms with E-state index in [-0.39, 0.29) is 12.5 Å². The third-order valence-corrected chi connectivity index (χ3v) is 3.84. The zero-order chi connectivity index (χ0) is 13.8. The summed E-state index contributed by atoms with van der Waals surface area (Å²) < 4.78 is 0. The molecule has 4 N–H and O–H groups in total. The topological polar surface area (TPSA) is 85.2 Å². The van der Waals surface area contributed by atoms with Crippen LogP contribution in [0.3, 0.4) is 0 Å². The normalized spacial score (nSPS) is 15.7. The summed E-state index contributed by atoms with van der Waals surface area (Å²) >= 11 is 0. The number of amides is 1. The van der Waals surface area contributed by atoms with Crippen LogP contribution in [-0.4, -0.2) is 23.5 Å². The van der Waals surface area contributed by atoms with Crippen molar-refractivity contribution in [3.8, 4) is 0 Å². The van der Waals surface area contributed by atoms with Crippen LogP contribution in [0.15, 0.2) is 12.3 Å². The molecule has 0 atom stereocenters. The molecule has 19 heavy (non-hydrogen) atoms. The highest BCUT2D eigenvalue weighted by molar-refractivity contribution is 5.79. The highest BCUT2D eigenvalue weighted by Crippen LogP contribution is 2.29. The minimum absolute atomic E-state index is 0.216. The Bertz CT molecular complexity index is 455. The van der Waals surface area contributed by atoms with Crippen LogP contribution in [0.25, 0.3) is 0 Å². The zero-order valence-corrected chi connectivity index (χ0v) is 11.4. The molecule has 0 aliphatic heterocycles. The molecule has 1 fully saturated rings. The SMILES string of the molecule is Cc1ccnc(N(CC(N)=O)C2CCCC2)c1CN. The average molecular weight is 262 g/mol. The van der Waals surface area contributed by atoms with Gasteiger partial charge >= 0.3 is 0 Å². The Hall–Kier alpha value is -1.62. The van der Waals surface area contributed by atoms with Crippen molar-refractivity contribution in [3.05, 3.63) is 23.4 Å². The van der Waals surface area contributed by atoms with Crippen LogP contribution in [-0.2, 0) is 11.3 Å². The van der Waals surface area contributed by atoms with Gasteiger partial charge < -0.3 is 16.4 Å². The van der Waals surface area contributed by atoms with Crippen molar-refractivity contribution in [2.24, 2.45) is 11.5 Å². The molecular weight excluding hydrogens is 240 g/mol. The molecule has 1 aromatic rings. The summed E-state index contributed by atoms with van der Waals surface area (Å²) in [5, 5.41) is 0. The average Bonchev–Trinajstić information content (AvgIpc) is 2.89. The molecule has 0 aromatic carbocycles. The van der Waals surface area contributed by atoms with Gasteiger partial charge in [-0.05, 0) is 31.4 Å². The third kappa shape index (κ3) is 3.04. The van der Waals surface area contributed by atoms with Gasteiger partial charge in [0.2, 0.25) is 5.91 Å². The maximum atomic E-state index is 11.3. The molecule has 5 nitrogen and oxygen atoms in total. The number of hydrogen-bond donors (Lipinski definition) is 2. The van der Waals surface area contributed by atoms with Crippen molar-refractivity contribution in [2.45, 2.75) is 45.2 Å². The first-order valence-corrected chi connectivity index (χ1v) is 6.83. The molecule has 5 heteroatoms. The van der Waals surface area contributed by atoms with Crippen LogP contribution in [0.1, 0.15) is 36.8 Å². The Morgan fingerprint density at radius 1 is 1.47 bits per heavy atom. The summed E-state index contributed by atoms with van der Waals surface area (Å²) in [6.45, 7) is 2.66. The fraction of sp³-hybridized carbons (Fsp3) is 0.571. The lowest BCUT2D eigenvalue weighted by Crippen LogP contribution is -2.41. The van der Waals surface area contributed by atoms with E-state index in [1.54, 1.807) is 6.20 Å². The number of primary amides is 1. The number of rotatable bonds is 5. The van der Waals surface area contributed by atoms with E-state index in [4.69, 9.17) is 11.5 Å². The fourth-order valence-electron chi connectivity index (χ4n) is 2.84. The lowest BCUT2D eigenvalue weighted by atomic mass is 10.1. The van der Waals surface area contributed by atoms with Crippen LogP contribution in [0, 0.1) is 6.92 Å². The number of aryl methyl sites for hydroxylation is 1. The van der Waals surface area contributed by atoms with Gasteiger partial charge in [-0.25, -0.2) is 4.98 Å². The van der Waals surface area contributed by atoms with E-state index in [0.29, 0.717) is 12.6 Å². The van der Waals surface area contributed by atoms with Gasteiger partial charge in [-0.3, -0.25) is 4.79 Å². The fourth-order valence-corrected chi connectivity index (χ4v) is 2.84. The van der Waals surface area contributed by atoms with Gasteiger partial charge in [0.25, 0.3) is 0 Å². The van der Waals surface area contributed by atoms with Crippen LogP contribution < -0.4 is 16.4 Å². The molecule has 1 aromatic heterocycles. The van der Waals surface area contributed by atoms with Gasteiger partial charge in [0, 0.05) is 24.3 Å². The van der Waals surface area contributed by atoms with E-state index in [0.717, 1.165) is 29.8 Å². The van der Waals surface area contributed by atoms with Crippen molar-refractivity contribution in [3.63, 3.8) is 0 Å². The number of nitrogens with zero attached hydrogens (tertiary/aromatic N) is 2. The van der Waals surface area contributed by atoms with E-state index >= 15 is 0 Å². The molecule has 1 amide bonds. The maximum absolute atomic E-state index is 11.3. The highest BCUT2D eigenvalue weighted by atomic mass is 16.1. The zero-order valence-electron chi connectivity index (χ0n) is 11.4. The number of nitrogens with two attached hydrogens (primary N) is 2. The van der Waals surface area contributed by atoms with Crippen molar-refractivity contribution in [1.29, 1.82) is 0 Å². The summed E-state index contributed by atoms with van der Waals surface area (Å²) in [6, 6.07) is 2.30. The van der Waals surface area contributed by atoms with E-state index in [1.165, 1.54) is 12.8 Å². The van der Waals surface area contributed by atoms with Gasteiger partial charge in [0.15, 0.2) is 0 Å². The van der Waals surface area contributed by atoms with E-state index < -0.39 is 0 Å². The standard InChI is InChI=1S/C14H22N4O/c1-10-6-7-17-14(12(10)8-15)18(9-13(16)19)11-4-2-3-5-11/h6-7,11H,2-5,8-9,15H2,1H3,(H2,16,19). The molecule has 1 heterocycles. The largest absolute Gasteiger partial charge is 0.368 e. The number of aromatic nitrogens is 1. The number of carbonyl (C=O) groups is 1. The Morgan fingerprint density at radius 3 is 2.74 bits per heavy atom. The highest BCUT2D eigenvalue weighted by Gasteiger charge is 2.26. The summed E-state index contributed by atoms with van der Waals surface area (Å²) in [5.74, 6) is 0.506. The van der Waals surface area contributed by atoms with Gasteiger partial charge in [-0.1, -0.05) is 12.8 Å². The van der Waals surface area contributed by atoms with Crippen LogP contribution in [0.5, 0.6) is 0 Å². The molecule has 1 aliphatic rings. The number of pyridine rings is 1. The monoisotopic (exact) mass is 262 g/mol. The van der Waals surface area contributed by atoms with Crippen LogP contribution in [0.4, 0.5) is 5.82 Å². The lowest BCUT2D eigenvalue weighted by Gasteiger charge is -2.30. The van der Waals surface area contributed by atoms with Crippen molar-refractivity contribution < 1.29 is 4.79 Å². The Balaban J connectivity index is 2.36. The first kappa shape index (κ1) is 13.8. The second-order valence-corrected chi connectivity index (χ2v) is 5.17. The second kappa shape index (κ2) is 6.02. The molecule has 0 bridgehead atoms. The molecule has 0 unspecified atom stereocenters. The molecular formula is C14H22N4O. The predicted octanol–water partition coefficient (Wildman–Crippen LogP) is 1.08. The van der Waals surface area contributed by atoms with Crippen LogP contribution >= 0.6 is 0 Å². The van der Waals surface area contributed by atoms with Crippen LogP contribution in [0.2, 0.25) is 0 Å². The molecule has 0 spiro atoms. The summed E-state index contributed by atoms with van der Waals surface area (Å²) in [7, 11) is 0. The molecule has 0 saturated heterocycles. The van der Waals surface area contributed by atoms with Gasteiger partial charge in [0.05, 0.1) is 6.54 Å². The predicted molar refractivity (Wildman–Crippen MR) is 75.7 cm³/mol. The second-order valence-electron chi connectivity index (χ2n) is 5.17. The smallest absolute Gasteiger partial charge is 0.237 e. The van der Waals surface area contributed by atoms with E-state index in [9.17, 15) is 4.79 Å². The third-order valence-electron chi connectivity index (χ3n) is 3.84. The molecule has 0 radical (unpaired) electrons. The quantitative estimate of drug-likeness (QED) is 0.831. The first-order valence-electron chi connectivity index (χ1n) is 6.83. The minimum Gasteiger partial charge on any atom is -0.368 e. The minimum atomic E-state index is -0.321. The Labute approximate surface area is 114 Å². The summed E-state index contributed by atoms with van der Waals surface area (Å²) in [5.41, 5.74) is 13.3. The Morgan fingerprint density at radius 2 is 2.16 bits per heavy atom.